The van der Waals surface area contributed by atoms with Crippen molar-refractivity contribution in [1.29, 1.82) is 0 Å². The standard InChI is InChI=1S/C12H13F3N4O/c1-7-18-11(20-19-7)4-5-17-10-3-2-8(6-9(10)16)12(13,14)15/h2-3,6,17H,4-5,16H2,1H3. The first kappa shape index (κ1) is 14.2. The first-order chi connectivity index (χ1) is 9.36. The van der Waals surface area contributed by atoms with Gasteiger partial charge in [-0.25, -0.2) is 0 Å². The van der Waals surface area contributed by atoms with Crippen LogP contribution in [0.15, 0.2) is 22.7 Å². The molecule has 5 nitrogen and oxygen atoms in total. The number of rotatable bonds is 4. The SMILES string of the molecule is Cc1noc(CCNc2ccc(C(F)(F)F)cc2N)n1. The molecular formula is C12H13F3N4O. The fourth-order valence-electron chi connectivity index (χ4n) is 1.65. The van der Waals surface area contributed by atoms with Gasteiger partial charge in [-0.15, -0.1) is 0 Å². The molecular weight excluding hydrogens is 273 g/mol. The van der Waals surface area contributed by atoms with Crippen molar-refractivity contribution in [3.8, 4) is 0 Å². The molecule has 0 saturated carbocycles. The highest BCUT2D eigenvalue weighted by Gasteiger charge is 2.30. The van der Waals surface area contributed by atoms with Crippen LogP contribution in [0.3, 0.4) is 0 Å². The zero-order valence-electron chi connectivity index (χ0n) is 10.7. The number of hydrogen-bond acceptors (Lipinski definition) is 5. The number of halogens is 3. The van der Waals surface area contributed by atoms with Crippen LogP contribution in [0.4, 0.5) is 24.5 Å². The van der Waals surface area contributed by atoms with Crippen LogP contribution in [0.2, 0.25) is 0 Å². The quantitative estimate of drug-likeness (QED) is 0.845. The summed E-state index contributed by atoms with van der Waals surface area (Å²) in [5, 5.41) is 6.56. The van der Waals surface area contributed by atoms with E-state index in [1.165, 1.54) is 6.07 Å². The monoisotopic (exact) mass is 286 g/mol. The second-order valence-electron chi connectivity index (χ2n) is 4.21. The van der Waals surface area contributed by atoms with Crippen molar-refractivity contribution in [1.82, 2.24) is 10.1 Å². The van der Waals surface area contributed by atoms with Crippen molar-refractivity contribution < 1.29 is 17.7 Å². The summed E-state index contributed by atoms with van der Waals surface area (Å²) in [5.74, 6) is 0.995. The Morgan fingerprint density at radius 1 is 1.35 bits per heavy atom. The van der Waals surface area contributed by atoms with Crippen LogP contribution in [0.5, 0.6) is 0 Å². The molecule has 8 heteroatoms. The van der Waals surface area contributed by atoms with E-state index in [9.17, 15) is 13.2 Å². The first-order valence-corrected chi connectivity index (χ1v) is 5.86. The zero-order chi connectivity index (χ0) is 14.8. The predicted octanol–water partition coefficient (Wildman–Crippen LogP) is 2.63. The minimum Gasteiger partial charge on any atom is -0.397 e. The van der Waals surface area contributed by atoms with Crippen LogP contribution in [-0.4, -0.2) is 16.7 Å². The minimum atomic E-state index is -4.39. The maximum absolute atomic E-state index is 12.5. The number of benzene rings is 1. The lowest BCUT2D eigenvalue weighted by Gasteiger charge is -2.12. The number of aryl methyl sites for hydroxylation is 1. The molecule has 0 unspecified atom stereocenters. The number of nitrogens with two attached hydrogens (primary N) is 1. The highest BCUT2D eigenvalue weighted by molar-refractivity contribution is 5.67. The third kappa shape index (κ3) is 3.40. The van der Waals surface area contributed by atoms with E-state index in [0.717, 1.165) is 12.1 Å². The summed E-state index contributed by atoms with van der Waals surface area (Å²) in [6, 6.07) is 3.19. The van der Waals surface area contributed by atoms with Gasteiger partial charge in [-0.1, -0.05) is 5.16 Å². The molecule has 3 N–H and O–H groups in total. The van der Waals surface area contributed by atoms with Crippen molar-refractivity contribution in [2.75, 3.05) is 17.6 Å². The molecule has 0 atom stereocenters. The van der Waals surface area contributed by atoms with Gasteiger partial charge in [-0.05, 0) is 25.1 Å². The predicted molar refractivity (Wildman–Crippen MR) is 67.1 cm³/mol. The van der Waals surface area contributed by atoms with E-state index in [0.29, 0.717) is 30.4 Å². The molecule has 0 bridgehead atoms. The van der Waals surface area contributed by atoms with E-state index < -0.39 is 11.7 Å². The Morgan fingerprint density at radius 2 is 2.10 bits per heavy atom. The average molecular weight is 286 g/mol. The van der Waals surface area contributed by atoms with Crippen LogP contribution >= 0.6 is 0 Å². The summed E-state index contributed by atoms with van der Waals surface area (Å²) in [5.41, 5.74) is 5.30. The maximum Gasteiger partial charge on any atom is 0.416 e. The summed E-state index contributed by atoms with van der Waals surface area (Å²) < 4.78 is 42.3. The van der Waals surface area contributed by atoms with Gasteiger partial charge in [-0.3, -0.25) is 0 Å². The molecule has 0 spiro atoms. The number of nitrogen functional groups attached to an aromatic ring is 1. The molecule has 1 aromatic carbocycles. The van der Waals surface area contributed by atoms with Crippen molar-refractivity contribution >= 4 is 11.4 Å². The van der Waals surface area contributed by atoms with E-state index in [2.05, 4.69) is 15.5 Å². The number of hydrogen-bond donors (Lipinski definition) is 2. The van der Waals surface area contributed by atoms with Gasteiger partial charge in [0, 0.05) is 13.0 Å². The number of nitrogens with one attached hydrogen (secondary N) is 1. The van der Waals surface area contributed by atoms with Crippen LogP contribution in [0.1, 0.15) is 17.3 Å². The molecule has 2 aromatic rings. The highest BCUT2D eigenvalue weighted by Crippen LogP contribution is 2.32. The zero-order valence-corrected chi connectivity index (χ0v) is 10.7. The van der Waals surface area contributed by atoms with Crippen molar-refractivity contribution in [2.24, 2.45) is 0 Å². The topological polar surface area (TPSA) is 77.0 Å². The van der Waals surface area contributed by atoms with Crippen LogP contribution in [-0.2, 0) is 12.6 Å². The molecule has 1 heterocycles. The maximum atomic E-state index is 12.5. The Hall–Kier alpha value is -2.25. The fourth-order valence-corrected chi connectivity index (χ4v) is 1.65. The Bertz CT molecular complexity index is 595. The highest BCUT2D eigenvalue weighted by atomic mass is 19.4. The molecule has 0 aliphatic rings. The molecule has 0 saturated heterocycles. The van der Waals surface area contributed by atoms with Crippen LogP contribution in [0.25, 0.3) is 0 Å². The Kier molecular flexibility index (Phi) is 3.82. The average Bonchev–Trinajstić information content (AvgIpc) is 2.76. The second kappa shape index (κ2) is 5.40. The molecule has 0 radical (unpaired) electrons. The smallest absolute Gasteiger partial charge is 0.397 e. The molecule has 2 rings (SSSR count). The van der Waals surface area contributed by atoms with Gasteiger partial charge >= 0.3 is 6.18 Å². The van der Waals surface area contributed by atoms with Gasteiger partial charge in [0.1, 0.15) is 0 Å². The fraction of sp³-hybridized carbons (Fsp3) is 0.333. The van der Waals surface area contributed by atoms with Gasteiger partial charge in [0.05, 0.1) is 16.9 Å². The first-order valence-electron chi connectivity index (χ1n) is 5.86. The van der Waals surface area contributed by atoms with Gasteiger partial charge in [0.2, 0.25) is 5.89 Å². The van der Waals surface area contributed by atoms with Gasteiger partial charge < -0.3 is 15.6 Å². The summed E-state index contributed by atoms with van der Waals surface area (Å²) in [6.45, 7) is 2.13. The molecule has 0 aliphatic carbocycles. The van der Waals surface area contributed by atoms with E-state index in [4.69, 9.17) is 10.3 Å². The molecule has 1 aromatic heterocycles. The molecule has 108 valence electrons. The van der Waals surface area contributed by atoms with Crippen molar-refractivity contribution in [3.63, 3.8) is 0 Å². The molecule has 0 fully saturated rings. The molecule has 0 amide bonds. The van der Waals surface area contributed by atoms with Crippen molar-refractivity contribution in [2.45, 2.75) is 19.5 Å². The summed E-state index contributed by atoms with van der Waals surface area (Å²) in [4.78, 5) is 4.01. The normalized spacial score (nSPS) is 11.6. The third-order valence-corrected chi connectivity index (χ3v) is 2.60. The van der Waals surface area contributed by atoms with E-state index in [-0.39, 0.29) is 5.69 Å². The van der Waals surface area contributed by atoms with E-state index in [1.54, 1.807) is 6.92 Å². The largest absolute Gasteiger partial charge is 0.416 e. The molecule has 0 aliphatic heterocycles. The van der Waals surface area contributed by atoms with E-state index in [1.807, 2.05) is 0 Å². The van der Waals surface area contributed by atoms with Gasteiger partial charge in [-0.2, -0.15) is 18.2 Å². The van der Waals surface area contributed by atoms with Crippen molar-refractivity contribution in [3.05, 3.63) is 35.5 Å². The lowest BCUT2D eigenvalue weighted by atomic mass is 10.1. The number of aromatic nitrogens is 2. The Morgan fingerprint density at radius 3 is 2.65 bits per heavy atom. The summed E-state index contributed by atoms with van der Waals surface area (Å²) in [7, 11) is 0. The van der Waals surface area contributed by atoms with Gasteiger partial charge in [0.25, 0.3) is 0 Å². The number of anilines is 2. The summed E-state index contributed by atoms with van der Waals surface area (Å²) >= 11 is 0. The minimum absolute atomic E-state index is 0.0431. The lowest BCUT2D eigenvalue weighted by molar-refractivity contribution is -0.137. The van der Waals surface area contributed by atoms with Crippen LogP contribution in [0, 0.1) is 6.92 Å². The number of nitrogens with zero attached hydrogens (tertiary/aromatic N) is 2. The third-order valence-electron chi connectivity index (χ3n) is 2.60. The Labute approximate surface area is 113 Å². The number of alkyl halides is 3. The van der Waals surface area contributed by atoms with Crippen LogP contribution < -0.4 is 11.1 Å². The summed E-state index contributed by atoms with van der Waals surface area (Å²) in [6.07, 6.45) is -3.94. The molecule has 20 heavy (non-hydrogen) atoms. The van der Waals surface area contributed by atoms with E-state index >= 15 is 0 Å². The second-order valence-corrected chi connectivity index (χ2v) is 4.21. The van der Waals surface area contributed by atoms with Gasteiger partial charge in [0.15, 0.2) is 5.82 Å². The Balaban J connectivity index is 1.96. The lowest BCUT2D eigenvalue weighted by Crippen LogP contribution is -2.10.